The number of pyridine rings is 1. The predicted octanol–water partition coefficient (Wildman–Crippen LogP) is 3.91. The fourth-order valence-electron chi connectivity index (χ4n) is 2.18. The van der Waals surface area contributed by atoms with Gasteiger partial charge in [-0.15, -0.1) is 11.8 Å². The van der Waals surface area contributed by atoms with Crippen molar-refractivity contribution in [3.63, 3.8) is 0 Å². The van der Waals surface area contributed by atoms with Gasteiger partial charge in [0, 0.05) is 11.4 Å². The summed E-state index contributed by atoms with van der Waals surface area (Å²) in [5.41, 5.74) is 10.1. The molecule has 0 saturated heterocycles. The lowest BCUT2D eigenvalue weighted by atomic mass is 10.0. The maximum absolute atomic E-state index is 11.7. The van der Waals surface area contributed by atoms with Crippen molar-refractivity contribution in [3.05, 3.63) is 64.4 Å². The summed E-state index contributed by atoms with van der Waals surface area (Å²) in [5, 5.41) is 0.714. The molecule has 0 aliphatic heterocycles. The van der Waals surface area contributed by atoms with Gasteiger partial charge in [0.1, 0.15) is 5.03 Å². The number of aryl methyl sites for hydroxylation is 1. The maximum atomic E-state index is 11.7. The van der Waals surface area contributed by atoms with Crippen LogP contribution in [-0.4, -0.2) is 16.6 Å². The summed E-state index contributed by atoms with van der Waals surface area (Å²) in [6.45, 7) is 5.85. The number of hydrogen-bond donors (Lipinski definition) is 1. The first kappa shape index (κ1) is 16.3. The van der Waals surface area contributed by atoms with E-state index in [4.69, 9.17) is 5.73 Å². The first-order valence-corrected chi connectivity index (χ1v) is 8.11. The molecular weight excluding hydrogens is 292 g/mol. The van der Waals surface area contributed by atoms with Gasteiger partial charge in [-0.2, -0.15) is 0 Å². The second-order valence-electron chi connectivity index (χ2n) is 5.12. The van der Waals surface area contributed by atoms with E-state index in [-0.39, 0.29) is 0 Å². The molecule has 0 aliphatic carbocycles. The van der Waals surface area contributed by atoms with Gasteiger partial charge >= 0.3 is 0 Å². The molecule has 3 nitrogen and oxygen atoms in total. The normalized spacial score (nSPS) is 11.0. The summed E-state index contributed by atoms with van der Waals surface area (Å²) in [7, 11) is 0. The second kappa shape index (κ2) is 7.27. The fraction of sp³-hybridized carbons (Fsp3) is 0.222. The SMILES string of the molecule is Cc1nc(SCC=Cc2ccccc2)c(C(N)=O)c(C)c1C. The highest BCUT2D eigenvalue weighted by Gasteiger charge is 2.16. The third kappa shape index (κ3) is 3.77. The Labute approximate surface area is 135 Å². The van der Waals surface area contributed by atoms with E-state index in [2.05, 4.69) is 29.3 Å². The number of benzene rings is 1. The molecule has 1 heterocycles. The van der Waals surface area contributed by atoms with Crippen molar-refractivity contribution in [2.75, 3.05) is 5.75 Å². The molecule has 0 spiro atoms. The van der Waals surface area contributed by atoms with Crippen molar-refractivity contribution >= 4 is 23.7 Å². The Morgan fingerprint density at radius 3 is 2.50 bits per heavy atom. The number of carbonyl (C=O) groups is 1. The molecule has 0 fully saturated rings. The molecule has 0 bridgehead atoms. The van der Waals surface area contributed by atoms with Gasteiger partial charge < -0.3 is 5.73 Å². The average Bonchev–Trinajstić information content (AvgIpc) is 2.50. The minimum atomic E-state index is -0.414. The van der Waals surface area contributed by atoms with Crippen LogP contribution in [0.2, 0.25) is 0 Å². The summed E-state index contributed by atoms with van der Waals surface area (Å²) in [6.07, 6.45) is 4.13. The molecule has 0 atom stereocenters. The van der Waals surface area contributed by atoms with Crippen molar-refractivity contribution in [2.24, 2.45) is 5.73 Å². The zero-order valence-corrected chi connectivity index (χ0v) is 13.9. The van der Waals surface area contributed by atoms with Gasteiger partial charge in [0.25, 0.3) is 5.91 Å². The molecule has 1 aromatic heterocycles. The molecule has 2 rings (SSSR count). The van der Waals surface area contributed by atoms with Crippen LogP contribution in [0.4, 0.5) is 0 Å². The summed E-state index contributed by atoms with van der Waals surface area (Å²) < 4.78 is 0. The molecule has 0 aliphatic rings. The van der Waals surface area contributed by atoms with Crippen molar-refractivity contribution in [1.82, 2.24) is 4.98 Å². The molecule has 0 unspecified atom stereocenters. The Balaban J connectivity index is 2.16. The van der Waals surface area contributed by atoms with E-state index in [1.54, 1.807) is 0 Å². The number of amides is 1. The fourth-order valence-corrected chi connectivity index (χ4v) is 3.13. The second-order valence-corrected chi connectivity index (χ2v) is 6.12. The molecule has 2 aromatic rings. The summed E-state index contributed by atoms with van der Waals surface area (Å²) in [5.74, 6) is 0.326. The van der Waals surface area contributed by atoms with E-state index in [1.165, 1.54) is 11.8 Å². The van der Waals surface area contributed by atoms with Gasteiger partial charge in [0.15, 0.2) is 0 Å². The zero-order chi connectivity index (χ0) is 16.1. The zero-order valence-electron chi connectivity index (χ0n) is 13.1. The first-order chi connectivity index (χ1) is 10.5. The van der Waals surface area contributed by atoms with Gasteiger partial charge in [-0.25, -0.2) is 4.98 Å². The molecule has 2 N–H and O–H groups in total. The minimum absolute atomic E-state index is 0.414. The molecule has 4 heteroatoms. The van der Waals surface area contributed by atoms with E-state index in [9.17, 15) is 4.79 Å². The summed E-state index contributed by atoms with van der Waals surface area (Å²) in [4.78, 5) is 16.2. The smallest absolute Gasteiger partial charge is 0.251 e. The number of hydrogen-bond acceptors (Lipinski definition) is 3. The number of aromatic nitrogens is 1. The molecule has 114 valence electrons. The summed E-state index contributed by atoms with van der Waals surface area (Å²) in [6, 6.07) is 10.1. The number of nitrogens with zero attached hydrogens (tertiary/aromatic N) is 1. The van der Waals surface area contributed by atoms with Crippen LogP contribution >= 0.6 is 11.8 Å². The molecule has 1 amide bonds. The lowest BCUT2D eigenvalue weighted by Crippen LogP contribution is -2.16. The van der Waals surface area contributed by atoms with Crippen LogP contribution in [0.25, 0.3) is 6.08 Å². The number of nitrogens with two attached hydrogens (primary N) is 1. The van der Waals surface area contributed by atoms with Gasteiger partial charge in [0.2, 0.25) is 0 Å². The Morgan fingerprint density at radius 1 is 1.18 bits per heavy atom. The van der Waals surface area contributed by atoms with Crippen LogP contribution in [0, 0.1) is 20.8 Å². The van der Waals surface area contributed by atoms with Gasteiger partial charge in [-0.1, -0.05) is 42.5 Å². The van der Waals surface area contributed by atoms with Crippen molar-refractivity contribution < 1.29 is 4.79 Å². The highest BCUT2D eigenvalue weighted by atomic mass is 32.2. The van der Waals surface area contributed by atoms with E-state index < -0.39 is 5.91 Å². The Hall–Kier alpha value is -2.07. The minimum Gasteiger partial charge on any atom is -0.366 e. The highest BCUT2D eigenvalue weighted by Crippen LogP contribution is 2.26. The Bertz CT molecular complexity index is 709. The lowest BCUT2D eigenvalue weighted by molar-refractivity contribution is 0.0996. The predicted molar refractivity (Wildman–Crippen MR) is 93.2 cm³/mol. The van der Waals surface area contributed by atoms with E-state index >= 15 is 0 Å². The van der Waals surface area contributed by atoms with E-state index in [0.29, 0.717) is 10.6 Å². The van der Waals surface area contributed by atoms with Crippen molar-refractivity contribution in [3.8, 4) is 0 Å². The van der Waals surface area contributed by atoms with Crippen LogP contribution in [0.1, 0.15) is 32.7 Å². The van der Waals surface area contributed by atoms with Crippen molar-refractivity contribution in [1.29, 1.82) is 0 Å². The number of carbonyl (C=O) groups excluding carboxylic acids is 1. The van der Waals surface area contributed by atoms with Crippen LogP contribution in [-0.2, 0) is 0 Å². The Morgan fingerprint density at radius 2 is 1.86 bits per heavy atom. The third-order valence-corrected chi connectivity index (χ3v) is 4.56. The third-order valence-electron chi connectivity index (χ3n) is 3.64. The van der Waals surface area contributed by atoms with E-state index in [1.807, 2.05) is 39.0 Å². The monoisotopic (exact) mass is 312 g/mol. The summed E-state index contributed by atoms with van der Waals surface area (Å²) >= 11 is 1.53. The Kier molecular flexibility index (Phi) is 5.39. The van der Waals surface area contributed by atoms with E-state index in [0.717, 1.165) is 28.1 Å². The first-order valence-electron chi connectivity index (χ1n) is 7.12. The average molecular weight is 312 g/mol. The molecule has 0 radical (unpaired) electrons. The maximum Gasteiger partial charge on any atom is 0.251 e. The standard InChI is InChI=1S/C18H20N2OS/c1-12-13(2)16(17(19)21)18(20-14(12)3)22-11-7-10-15-8-5-4-6-9-15/h4-10H,11H2,1-3H3,(H2,19,21). The van der Waals surface area contributed by atoms with Crippen molar-refractivity contribution in [2.45, 2.75) is 25.8 Å². The van der Waals surface area contributed by atoms with Crippen LogP contribution < -0.4 is 5.73 Å². The van der Waals surface area contributed by atoms with Gasteiger partial charge in [0.05, 0.1) is 5.56 Å². The van der Waals surface area contributed by atoms with Crippen LogP contribution in [0.15, 0.2) is 41.4 Å². The van der Waals surface area contributed by atoms with Crippen LogP contribution in [0.3, 0.4) is 0 Å². The quantitative estimate of drug-likeness (QED) is 0.852. The molecule has 22 heavy (non-hydrogen) atoms. The molecular formula is C18H20N2OS. The lowest BCUT2D eigenvalue weighted by Gasteiger charge is -2.12. The number of rotatable bonds is 5. The van der Waals surface area contributed by atoms with Gasteiger partial charge in [-0.3, -0.25) is 4.79 Å². The number of thioether (sulfide) groups is 1. The highest BCUT2D eigenvalue weighted by molar-refractivity contribution is 7.99. The molecule has 0 saturated carbocycles. The number of primary amides is 1. The van der Waals surface area contributed by atoms with Gasteiger partial charge in [-0.05, 0) is 37.5 Å². The molecule has 1 aromatic carbocycles. The van der Waals surface area contributed by atoms with Crippen LogP contribution in [0.5, 0.6) is 0 Å². The topological polar surface area (TPSA) is 56.0 Å². The largest absolute Gasteiger partial charge is 0.366 e.